The molecule has 1 N–H and O–H groups in total. The van der Waals surface area contributed by atoms with Crippen molar-refractivity contribution in [3.05, 3.63) is 28.8 Å². The largest absolute Gasteiger partial charge is 0.496 e. The first-order chi connectivity index (χ1) is 9.17. The highest BCUT2D eigenvalue weighted by Crippen LogP contribution is 2.62. The van der Waals surface area contributed by atoms with Crippen molar-refractivity contribution in [3.8, 4) is 5.75 Å². The zero-order valence-corrected chi connectivity index (χ0v) is 12.5. The molecule has 2 fully saturated rings. The molecule has 3 atom stereocenters. The summed E-state index contributed by atoms with van der Waals surface area (Å²) in [6, 6.07) is 4.91. The fourth-order valence-electron chi connectivity index (χ4n) is 4.41. The van der Waals surface area contributed by atoms with Gasteiger partial charge in [-0.15, -0.1) is 0 Å². The van der Waals surface area contributed by atoms with Gasteiger partial charge in [0.25, 0.3) is 0 Å². The van der Waals surface area contributed by atoms with Crippen LogP contribution in [0.1, 0.15) is 42.0 Å². The Kier molecular flexibility index (Phi) is 3.30. The molecule has 2 aliphatic carbocycles. The van der Waals surface area contributed by atoms with Crippen LogP contribution in [0.4, 0.5) is 0 Å². The Morgan fingerprint density at radius 2 is 1.89 bits per heavy atom. The first kappa shape index (κ1) is 13.0. The molecule has 3 unspecified atom stereocenters. The van der Waals surface area contributed by atoms with Crippen molar-refractivity contribution in [1.29, 1.82) is 0 Å². The number of hydrogen-bond acceptors (Lipinski definition) is 2. The van der Waals surface area contributed by atoms with Gasteiger partial charge in [0, 0.05) is 11.6 Å². The third-order valence-electron chi connectivity index (χ3n) is 5.19. The number of rotatable bonds is 4. The summed E-state index contributed by atoms with van der Waals surface area (Å²) in [5, 5.41) is 3.56. The highest BCUT2D eigenvalue weighted by molar-refractivity contribution is 5.46. The highest BCUT2D eigenvalue weighted by atomic mass is 16.5. The van der Waals surface area contributed by atoms with Crippen molar-refractivity contribution >= 4 is 0 Å². The molecule has 0 heterocycles. The number of fused-ring (bicyclic) bond motifs is 1. The van der Waals surface area contributed by atoms with Crippen molar-refractivity contribution < 1.29 is 4.74 Å². The second-order valence-electron chi connectivity index (χ2n) is 6.30. The predicted octanol–water partition coefficient (Wildman–Crippen LogP) is 3.62. The minimum atomic E-state index is 0.464. The summed E-state index contributed by atoms with van der Waals surface area (Å²) in [6.45, 7) is 4.35. The molecule has 1 aromatic carbocycles. The number of benzene rings is 1. The summed E-state index contributed by atoms with van der Waals surface area (Å²) < 4.78 is 5.65. The molecule has 19 heavy (non-hydrogen) atoms. The number of hydrogen-bond donors (Lipinski definition) is 1. The zero-order chi connectivity index (χ0) is 13.6. The molecule has 0 amide bonds. The van der Waals surface area contributed by atoms with Crippen LogP contribution in [-0.2, 0) is 0 Å². The third-order valence-corrected chi connectivity index (χ3v) is 5.19. The second kappa shape index (κ2) is 4.82. The van der Waals surface area contributed by atoms with Gasteiger partial charge in [0.05, 0.1) is 7.11 Å². The lowest BCUT2D eigenvalue weighted by Gasteiger charge is -2.24. The Balaban J connectivity index is 1.95. The fraction of sp³-hybridized carbons (Fsp3) is 0.647. The number of aryl methyl sites for hydroxylation is 2. The SMILES string of the molecule is CNC(c1c(C)cc(C)cc1OC)C1C2CCCC21. The van der Waals surface area contributed by atoms with Crippen molar-refractivity contribution in [3.63, 3.8) is 0 Å². The van der Waals surface area contributed by atoms with Crippen LogP contribution in [0.25, 0.3) is 0 Å². The zero-order valence-electron chi connectivity index (χ0n) is 12.5. The van der Waals surface area contributed by atoms with Gasteiger partial charge in [-0.05, 0) is 68.7 Å². The molecule has 0 radical (unpaired) electrons. The van der Waals surface area contributed by atoms with E-state index in [9.17, 15) is 0 Å². The van der Waals surface area contributed by atoms with Crippen LogP contribution in [0.5, 0.6) is 5.75 Å². The molecule has 2 aliphatic rings. The standard InChI is InChI=1S/C17H25NO/c1-10-8-11(2)15(14(9-10)19-4)17(18-3)16-12-6-5-7-13(12)16/h8-9,12-13,16-18H,5-7H2,1-4H3. The highest BCUT2D eigenvalue weighted by Gasteiger charge is 2.56. The molecule has 2 heteroatoms. The van der Waals surface area contributed by atoms with E-state index in [1.165, 1.54) is 36.0 Å². The Bertz CT molecular complexity index is 472. The molecular weight excluding hydrogens is 234 g/mol. The lowest BCUT2D eigenvalue weighted by Crippen LogP contribution is -2.22. The average Bonchev–Trinajstić information content (AvgIpc) is 2.84. The summed E-state index contributed by atoms with van der Waals surface area (Å²) in [6.07, 6.45) is 4.30. The Labute approximate surface area is 116 Å². The Hall–Kier alpha value is -1.02. The van der Waals surface area contributed by atoms with Gasteiger partial charge in [-0.25, -0.2) is 0 Å². The van der Waals surface area contributed by atoms with Crippen LogP contribution >= 0.6 is 0 Å². The molecule has 1 aromatic rings. The molecular formula is C17H25NO. The minimum Gasteiger partial charge on any atom is -0.496 e. The number of nitrogens with one attached hydrogen (secondary N) is 1. The second-order valence-corrected chi connectivity index (χ2v) is 6.30. The van der Waals surface area contributed by atoms with Gasteiger partial charge < -0.3 is 10.1 Å². The molecule has 0 aliphatic heterocycles. The molecule has 0 bridgehead atoms. The van der Waals surface area contributed by atoms with E-state index in [2.05, 4.69) is 38.3 Å². The summed E-state index contributed by atoms with van der Waals surface area (Å²) in [5.74, 6) is 3.81. The lowest BCUT2D eigenvalue weighted by atomic mass is 9.92. The van der Waals surface area contributed by atoms with E-state index in [1.54, 1.807) is 7.11 Å². The predicted molar refractivity (Wildman–Crippen MR) is 78.6 cm³/mol. The molecule has 0 spiro atoms. The fourth-order valence-corrected chi connectivity index (χ4v) is 4.41. The summed E-state index contributed by atoms with van der Waals surface area (Å²) in [4.78, 5) is 0. The van der Waals surface area contributed by atoms with Gasteiger partial charge in [-0.3, -0.25) is 0 Å². The van der Waals surface area contributed by atoms with Crippen LogP contribution in [0.15, 0.2) is 12.1 Å². The van der Waals surface area contributed by atoms with E-state index < -0.39 is 0 Å². The van der Waals surface area contributed by atoms with E-state index in [-0.39, 0.29) is 0 Å². The maximum absolute atomic E-state index is 5.65. The Morgan fingerprint density at radius 1 is 1.21 bits per heavy atom. The first-order valence-electron chi connectivity index (χ1n) is 7.49. The van der Waals surface area contributed by atoms with Gasteiger partial charge in [0.15, 0.2) is 0 Å². The van der Waals surface area contributed by atoms with Crippen LogP contribution in [0.2, 0.25) is 0 Å². The van der Waals surface area contributed by atoms with Gasteiger partial charge in [0.1, 0.15) is 5.75 Å². The number of ether oxygens (including phenoxy) is 1. The van der Waals surface area contributed by atoms with Crippen LogP contribution in [0, 0.1) is 31.6 Å². The summed E-state index contributed by atoms with van der Waals surface area (Å²) >= 11 is 0. The average molecular weight is 259 g/mol. The van der Waals surface area contributed by atoms with Crippen molar-refractivity contribution in [1.82, 2.24) is 5.32 Å². The van der Waals surface area contributed by atoms with E-state index in [4.69, 9.17) is 4.74 Å². The number of methoxy groups -OCH3 is 1. The van der Waals surface area contributed by atoms with Crippen molar-refractivity contribution in [2.75, 3.05) is 14.2 Å². The molecule has 3 rings (SSSR count). The monoisotopic (exact) mass is 259 g/mol. The summed E-state index contributed by atoms with van der Waals surface area (Å²) in [5.41, 5.74) is 4.03. The minimum absolute atomic E-state index is 0.464. The topological polar surface area (TPSA) is 21.3 Å². The maximum Gasteiger partial charge on any atom is 0.124 e. The molecule has 2 saturated carbocycles. The van der Waals surface area contributed by atoms with E-state index >= 15 is 0 Å². The summed E-state index contributed by atoms with van der Waals surface area (Å²) in [7, 11) is 3.88. The van der Waals surface area contributed by atoms with E-state index in [0.29, 0.717) is 6.04 Å². The van der Waals surface area contributed by atoms with Crippen LogP contribution in [0.3, 0.4) is 0 Å². The smallest absolute Gasteiger partial charge is 0.124 e. The normalized spacial score (nSPS) is 30.0. The van der Waals surface area contributed by atoms with Crippen molar-refractivity contribution in [2.24, 2.45) is 17.8 Å². The van der Waals surface area contributed by atoms with Gasteiger partial charge >= 0.3 is 0 Å². The van der Waals surface area contributed by atoms with Gasteiger partial charge in [-0.2, -0.15) is 0 Å². The quantitative estimate of drug-likeness (QED) is 0.891. The first-order valence-corrected chi connectivity index (χ1v) is 7.49. The third kappa shape index (κ3) is 2.06. The van der Waals surface area contributed by atoms with Crippen LogP contribution < -0.4 is 10.1 Å². The van der Waals surface area contributed by atoms with Gasteiger partial charge in [-0.1, -0.05) is 12.5 Å². The van der Waals surface area contributed by atoms with Crippen molar-refractivity contribution in [2.45, 2.75) is 39.2 Å². The molecule has 2 nitrogen and oxygen atoms in total. The van der Waals surface area contributed by atoms with Crippen LogP contribution in [-0.4, -0.2) is 14.2 Å². The molecule has 0 aromatic heterocycles. The molecule has 104 valence electrons. The van der Waals surface area contributed by atoms with Gasteiger partial charge in [0.2, 0.25) is 0 Å². The maximum atomic E-state index is 5.65. The Morgan fingerprint density at radius 3 is 2.47 bits per heavy atom. The lowest BCUT2D eigenvalue weighted by molar-refractivity contribution is 0.383. The van der Waals surface area contributed by atoms with E-state index in [1.807, 2.05) is 0 Å². The molecule has 0 saturated heterocycles. The van der Waals surface area contributed by atoms with E-state index in [0.717, 1.165) is 23.5 Å².